The van der Waals surface area contributed by atoms with Crippen molar-refractivity contribution in [3.05, 3.63) is 47.8 Å². The lowest BCUT2D eigenvalue weighted by atomic mass is 10.1. The Balaban J connectivity index is 2.18. The van der Waals surface area contributed by atoms with E-state index in [1.54, 1.807) is 18.3 Å². The molecule has 0 unspecified atom stereocenters. The first-order valence-corrected chi connectivity index (χ1v) is 6.62. The molecule has 1 aromatic heterocycles. The number of nitrogens with one attached hydrogen (secondary N) is 1. The Morgan fingerprint density at radius 2 is 1.86 bits per heavy atom. The molecule has 2 aromatic rings. The van der Waals surface area contributed by atoms with Crippen LogP contribution < -0.4 is 5.32 Å². The van der Waals surface area contributed by atoms with Crippen molar-refractivity contribution in [1.82, 2.24) is 15.1 Å². The summed E-state index contributed by atoms with van der Waals surface area (Å²) in [7, 11) is 0. The predicted molar refractivity (Wildman–Crippen MR) is 75.2 cm³/mol. The van der Waals surface area contributed by atoms with Crippen molar-refractivity contribution in [2.45, 2.75) is 39.0 Å². The molecule has 0 atom stereocenters. The first-order chi connectivity index (χ1) is 9.65. The van der Waals surface area contributed by atoms with Crippen molar-refractivity contribution in [2.24, 2.45) is 0 Å². The zero-order valence-electron chi connectivity index (χ0n) is 12.2. The standard InChI is InChI=1S/C15H18F3N3/c1-14(2,3)19-10-12-7-8-21(20-12)13-6-4-5-11(9-13)15(16,17)18/h4-9,19H,10H2,1-3H3. The maximum Gasteiger partial charge on any atom is 0.416 e. The zero-order valence-corrected chi connectivity index (χ0v) is 12.2. The third-order valence-corrected chi connectivity index (χ3v) is 2.88. The Bertz CT molecular complexity index is 609. The molecule has 0 spiro atoms. The number of rotatable bonds is 3. The molecule has 0 radical (unpaired) electrons. The molecule has 3 nitrogen and oxygen atoms in total. The Hall–Kier alpha value is -1.82. The van der Waals surface area contributed by atoms with E-state index in [4.69, 9.17) is 0 Å². The number of hydrogen-bond donors (Lipinski definition) is 1. The first-order valence-electron chi connectivity index (χ1n) is 6.62. The first kappa shape index (κ1) is 15.6. The van der Waals surface area contributed by atoms with E-state index >= 15 is 0 Å². The number of aromatic nitrogens is 2. The molecule has 0 saturated heterocycles. The van der Waals surface area contributed by atoms with Gasteiger partial charge in [-0.25, -0.2) is 4.68 Å². The molecule has 0 aliphatic rings. The van der Waals surface area contributed by atoms with E-state index in [0.717, 1.165) is 17.8 Å². The van der Waals surface area contributed by atoms with Crippen molar-refractivity contribution in [3.63, 3.8) is 0 Å². The highest BCUT2D eigenvalue weighted by Crippen LogP contribution is 2.30. The fourth-order valence-electron chi connectivity index (χ4n) is 1.78. The van der Waals surface area contributed by atoms with Crippen LogP contribution in [0.4, 0.5) is 13.2 Å². The minimum Gasteiger partial charge on any atom is -0.306 e. The summed E-state index contributed by atoms with van der Waals surface area (Å²) in [6, 6.07) is 6.91. The van der Waals surface area contributed by atoms with Gasteiger partial charge >= 0.3 is 6.18 Å². The smallest absolute Gasteiger partial charge is 0.306 e. The van der Waals surface area contributed by atoms with Crippen molar-refractivity contribution < 1.29 is 13.2 Å². The summed E-state index contributed by atoms with van der Waals surface area (Å²) in [6.07, 6.45) is -2.69. The topological polar surface area (TPSA) is 29.9 Å². The SMILES string of the molecule is CC(C)(C)NCc1ccn(-c2cccc(C(F)(F)F)c2)n1. The van der Waals surface area contributed by atoms with Gasteiger partial charge < -0.3 is 5.32 Å². The molecule has 6 heteroatoms. The van der Waals surface area contributed by atoms with E-state index in [0.29, 0.717) is 12.2 Å². The van der Waals surface area contributed by atoms with Gasteiger partial charge in [-0.1, -0.05) is 6.07 Å². The summed E-state index contributed by atoms with van der Waals surface area (Å²) in [5.41, 5.74) is 0.457. The molecule has 0 aliphatic heterocycles. The average molecular weight is 297 g/mol. The summed E-state index contributed by atoms with van der Waals surface area (Å²) >= 11 is 0. The maximum atomic E-state index is 12.7. The third kappa shape index (κ3) is 4.32. The molecule has 1 aromatic carbocycles. The van der Waals surface area contributed by atoms with Crippen LogP contribution >= 0.6 is 0 Å². The summed E-state index contributed by atoms with van der Waals surface area (Å²) in [6.45, 7) is 6.68. The third-order valence-electron chi connectivity index (χ3n) is 2.88. The van der Waals surface area contributed by atoms with Gasteiger partial charge in [-0.15, -0.1) is 0 Å². The minimum atomic E-state index is -4.35. The fraction of sp³-hybridized carbons (Fsp3) is 0.400. The zero-order chi connectivity index (χ0) is 15.7. The van der Waals surface area contributed by atoms with Crippen molar-refractivity contribution in [1.29, 1.82) is 0 Å². The lowest BCUT2D eigenvalue weighted by Crippen LogP contribution is -2.35. The van der Waals surface area contributed by atoms with Gasteiger partial charge in [-0.3, -0.25) is 0 Å². The largest absolute Gasteiger partial charge is 0.416 e. The number of hydrogen-bond acceptors (Lipinski definition) is 2. The van der Waals surface area contributed by atoms with Crippen molar-refractivity contribution in [3.8, 4) is 5.69 Å². The van der Waals surface area contributed by atoms with Crippen LogP contribution in [0.25, 0.3) is 5.69 Å². The van der Waals surface area contributed by atoms with Gasteiger partial charge in [-0.2, -0.15) is 18.3 Å². The molecule has 2 rings (SSSR count). The molecule has 0 amide bonds. The van der Waals surface area contributed by atoms with Crippen LogP contribution in [0.15, 0.2) is 36.5 Å². The van der Waals surface area contributed by atoms with Crippen LogP contribution in [-0.4, -0.2) is 15.3 Å². The number of nitrogens with zero attached hydrogens (tertiary/aromatic N) is 2. The molecule has 21 heavy (non-hydrogen) atoms. The highest BCUT2D eigenvalue weighted by Gasteiger charge is 2.30. The van der Waals surface area contributed by atoms with Crippen LogP contribution in [0.2, 0.25) is 0 Å². The monoisotopic (exact) mass is 297 g/mol. The van der Waals surface area contributed by atoms with Crippen LogP contribution in [0.1, 0.15) is 32.0 Å². The van der Waals surface area contributed by atoms with E-state index in [-0.39, 0.29) is 5.54 Å². The summed E-state index contributed by atoms with van der Waals surface area (Å²) in [4.78, 5) is 0. The second-order valence-corrected chi connectivity index (χ2v) is 5.90. The molecule has 0 fully saturated rings. The van der Waals surface area contributed by atoms with Crippen molar-refractivity contribution in [2.75, 3.05) is 0 Å². The number of alkyl halides is 3. The lowest BCUT2D eigenvalue weighted by molar-refractivity contribution is -0.137. The fourth-order valence-corrected chi connectivity index (χ4v) is 1.78. The van der Waals surface area contributed by atoms with Gasteiger partial charge in [-0.05, 0) is 45.0 Å². The number of benzene rings is 1. The quantitative estimate of drug-likeness (QED) is 0.934. The second kappa shape index (κ2) is 5.52. The summed E-state index contributed by atoms with van der Waals surface area (Å²) < 4.78 is 39.6. The molecule has 0 saturated carbocycles. The Labute approximate surface area is 121 Å². The molecule has 0 aliphatic carbocycles. The Morgan fingerprint density at radius 1 is 1.14 bits per heavy atom. The highest BCUT2D eigenvalue weighted by molar-refractivity contribution is 5.36. The van der Waals surface area contributed by atoms with Gasteiger partial charge in [0.15, 0.2) is 0 Å². The highest BCUT2D eigenvalue weighted by atomic mass is 19.4. The van der Waals surface area contributed by atoms with Crippen LogP contribution in [0.3, 0.4) is 0 Å². The van der Waals surface area contributed by atoms with Crippen LogP contribution in [0.5, 0.6) is 0 Å². The summed E-state index contributed by atoms with van der Waals surface area (Å²) in [5, 5.41) is 7.58. The van der Waals surface area contributed by atoms with E-state index in [1.165, 1.54) is 10.7 Å². The Kier molecular flexibility index (Phi) is 4.09. The molecule has 1 heterocycles. The van der Waals surface area contributed by atoms with E-state index < -0.39 is 11.7 Å². The maximum absolute atomic E-state index is 12.7. The molecule has 0 bridgehead atoms. The van der Waals surface area contributed by atoms with Gasteiger partial charge in [0.05, 0.1) is 16.9 Å². The van der Waals surface area contributed by atoms with E-state index in [2.05, 4.69) is 10.4 Å². The van der Waals surface area contributed by atoms with Gasteiger partial charge in [0.2, 0.25) is 0 Å². The van der Waals surface area contributed by atoms with Gasteiger partial charge in [0.1, 0.15) is 0 Å². The van der Waals surface area contributed by atoms with E-state index in [1.807, 2.05) is 20.8 Å². The molecule has 1 N–H and O–H groups in total. The Morgan fingerprint density at radius 3 is 2.48 bits per heavy atom. The normalized spacial score (nSPS) is 12.7. The van der Waals surface area contributed by atoms with Gasteiger partial charge in [0, 0.05) is 18.3 Å². The number of halogens is 3. The van der Waals surface area contributed by atoms with Gasteiger partial charge in [0.25, 0.3) is 0 Å². The van der Waals surface area contributed by atoms with Crippen LogP contribution in [0, 0.1) is 0 Å². The van der Waals surface area contributed by atoms with Crippen molar-refractivity contribution >= 4 is 0 Å². The molecular weight excluding hydrogens is 279 g/mol. The minimum absolute atomic E-state index is 0.0417. The molecule has 114 valence electrons. The molecular formula is C15H18F3N3. The predicted octanol–water partition coefficient (Wildman–Crippen LogP) is 3.78. The average Bonchev–Trinajstić information content (AvgIpc) is 2.83. The van der Waals surface area contributed by atoms with E-state index in [9.17, 15) is 13.2 Å². The second-order valence-electron chi connectivity index (χ2n) is 5.90. The summed E-state index contributed by atoms with van der Waals surface area (Å²) in [5.74, 6) is 0. The van der Waals surface area contributed by atoms with Crippen LogP contribution in [-0.2, 0) is 12.7 Å². The lowest BCUT2D eigenvalue weighted by Gasteiger charge is -2.19.